The molecular formula is C14H18N2O. The van der Waals surface area contributed by atoms with Crippen LogP contribution in [0, 0.1) is 0 Å². The number of fused-ring (bicyclic) bond motifs is 1. The summed E-state index contributed by atoms with van der Waals surface area (Å²) < 4.78 is 0. The highest BCUT2D eigenvalue weighted by molar-refractivity contribution is 5.85. The third-order valence-corrected chi connectivity index (χ3v) is 3.86. The zero-order chi connectivity index (χ0) is 11.7. The number of amides is 1. The molecule has 0 bridgehead atoms. The number of nitrogens with zero attached hydrogens (tertiary/aromatic N) is 1. The van der Waals surface area contributed by atoms with Crippen molar-refractivity contribution in [1.29, 1.82) is 0 Å². The van der Waals surface area contributed by atoms with Crippen LogP contribution in [0.15, 0.2) is 24.3 Å². The molecule has 1 atom stereocenters. The van der Waals surface area contributed by atoms with Crippen molar-refractivity contribution in [3.8, 4) is 0 Å². The number of rotatable bonds is 1. The van der Waals surface area contributed by atoms with Gasteiger partial charge in [-0.15, -0.1) is 0 Å². The number of carbonyl (C=O) groups excluding carboxylic acids is 1. The topological polar surface area (TPSA) is 32.3 Å². The van der Waals surface area contributed by atoms with Gasteiger partial charge in [0, 0.05) is 26.2 Å². The van der Waals surface area contributed by atoms with Gasteiger partial charge in [0.05, 0.1) is 5.92 Å². The number of carbonyl (C=O) groups is 1. The number of nitrogens with one attached hydrogen (secondary N) is 1. The summed E-state index contributed by atoms with van der Waals surface area (Å²) in [5.74, 6) is 0.445. The third kappa shape index (κ3) is 1.95. The minimum atomic E-state index is 0.115. The van der Waals surface area contributed by atoms with E-state index >= 15 is 0 Å². The van der Waals surface area contributed by atoms with Gasteiger partial charge >= 0.3 is 0 Å². The van der Waals surface area contributed by atoms with E-state index in [0.29, 0.717) is 5.91 Å². The summed E-state index contributed by atoms with van der Waals surface area (Å²) in [7, 11) is 0. The summed E-state index contributed by atoms with van der Waals surface area (Å²) in [6.07, 6.45) is 2.04. The van der Waals surface area contributed by atoms with Crippen LogP contribution in [-0.2, 0) is 11.2 Å². The van der Waals surface area contributed by atoms with Crippen molar-refractivity contribution in [1.82, 2.24) is 10.2 Å². The zero-order valence-corrected chi connectivity index (χ0v) is 9.98. The van der Waals surface area contributed by atoms with Crippen molar-refractivity contribution < 1.29 is 4.79 Å². The fraction of sp³-hybridized carbons (Fsp3) is 0.500. The van der Waals surface area contributed by atoms with Crippen molar-refractivity contribution in [3.05, 3.63) is 35.4 Å². The highest BCUT2D eigenvalue weighted by atomic mass is 16.2. The molecule has 0 radical (unpaired) electrons. The first kappa shape index (κ1) is 10.8. The molecule has 0 saturated carbocycles. The van der Waals surface area contributed by atoms with E-state index in [1.807, 2.05) is 11.0 Å². The molecule has 1 aliphatic carbocycles. The average Bonchev–Trinajstić information content (AvgIpc) is 2.83. The van der Waals surface area contributed by atoms with E-state index in [-0.39, 0.29) is 5.92 Å². The number of benzene rings is 1. The molecule has 1 aliphatic heterocycles. The van der Waals surface area contributed by atoms with E-state index in [1.165, 1.54) is 11.1 Å². The van der Waals surface area contributed by atoms with E-state index in [4.69, 9.17) is 0 Å². The molecule has 3 heteroatoms. The summed E-state index contributed by atoms with van der Waals surface area (Å²) in [4.78, 5) is 14.5. The molecule has 17 heavy (non-hydrogen) atoms. The molecule has 1 amide bonds. The Morgan fingerprint density at radius 3 is 2.82 bits per heavy atom. The van der Waals surface area contributed by atoms with Crippen molar-refractivity contribution in [2.75, 3.05) is 26.2 Å². The van der Waals surface area contributed by atoms with Gasteiger partial charge in [0.1, 0.15) is 0 Å². The van der Waals surface area contributed by atoms with Gasteiger partial charge in [0.25, 0.3) is 0 Å². The van der Waals surface area contributed by atoms with Gasteiger partial charge in [-0.3, -0.25) is 4.79 Å². The van der Waals surface area contributed by atoms with Crippen LogP contribution >= 0.6 is 0 Å². The van der Waals surface area contributed by atoms with E-state index in [0.717, 1.165) is 39.0 Å². The average molecular weight is 230 g/mol. The molecule has 1 unspecified atom stereocenters. The lowest BCUT2D eigenvalue weighted by molar-refractivity contribution is -0.133. The molecule has 0 spiro atoms. The normalized spacial score (nSPS) is 23.5. The van der Waals surface area contributed by atoms with Gasteiger partial charge in [-0.2, -0.15) is 0 Å². The van der Waals surface area contributed by atoms with Crippen LogP contribution in [0.5, 0.6) is 0 Å². The molecule has 1 aromatic carbocycles. The minimum Gasteiger partial charge on any atom is -0.340 e. The zero-order valence-electron chi connectivity index (χ0n) is 9.98. The second-order valence-electron chi connectivity index (χ2n) is 4.87. The maximum absolute atomic E-state index is 12.5. The van der Waals surface area contributed by atoms with Crippen molar-refractivity contribution in [2.45, 2.75) is 18.8 Å². The van der Waals surface area contributed by atoms with Gasteiger partial charge in [0.15, 0.2) is 0 Å². The molecular weight excluding hydrogens is 212 g/mol. The van der Waals surface area contributed by atoms with Crippen LogP contribution in [0.4, 0.5) is 0 Å². The molecule has 0 aromatic heterocycles. The first-order valence-corrected chi connectivity index (χ1v) is 6.43. The van der Waals surface area contributed by atoms with E-state index < -0.39 is 0 Å². The first-order chi connectivity index (χ1) is 8.36. The van der Waals surface area contributed by atoms with Crippen molar-refractivity contribution >= 4 is 5.91 Å². The summed E-state index contributed by atoms with van der Waals surface area (Å²) in [5.41, 5.74) is 2.62. The first-order valence-electron chi connectivity index (χ1n) is 6.43. The molecule has 90 valence electrons. The summed E-state index contributed by atoms with van der Waals surface area (Å²) in [5, 5.41) is 3.29. The third-order valence-electron chi connectivity index (χ3n) is 3.86. The van der Waals surface area contributed by atoms with Crippen molar-refractivity contribution in [2.24, 2.45) is 0 Å². The molecule has 3 rings (SSSR count). The summed E-state index contributed by atoms with van der Waals surface area (Å²) >= 11 is 0. The molecule has 1 fully saturated rings. The van der Waals surface area contributed by atoms with E-state index in [1.54, 1.807) is 0 Å². The molecule has 1 aromatic rings. The fourth-order valence-corrected chi connectivity index (χ4v) is 2.92. The largest absolute Gasteiger partial charge is 0.340 e. The Morgan fingerprint density at radius 2 is 2.00 bits per heavy atom. The van der Waals surface area contributed by atoms with Crippen LogP contribution in [0.2, 0.25) is 0 Å². The highest BCUT2D eigenvalue weighted by Crippen LogP contribution is 2.34. The van der Waals surface area contributed by atoms with Crippen LogP contribution in [0.3, 0.4) is 0 Å². The molecule has 1 heterocycles. The van der Waals surface area contributed by atoms with Crippen LogP contribution in [-0.4, -0.2) is 37.0 Å². The molecule has 2 aliphatic rings. The predicted molar refractivity (Wildman–Crippen MR) is 67.0 cm³/mol. The fourth-order valence-electron chi connectivity index (χ4n) is 2.92. The van der Waals surface area contributed by atoms with Crippen LogP contribution < -0.4 is 5.32 Å². The summed E-state index contributed by atoms with van der Waals surface area (Å²) in [6.45, 7) is 3.58. The maximum Gasteiger partial charge on any atom is 0.230 e. The maximum atomic E-state index is 12.5. The lowest BCUT2D eigenvalue weighted by Crippen LogP contribution is -2.47. The predicted octanol–water partition coefficient (Wildman–Crippen LogP) is 1.15. The van der Waals surface area contributed by atoms with Gasteiger partial charge < -0.3 is 10.2 Å². The Hall–Kier alpha value is -1.35. The lowest BCUT2D eigenvalue weighted by atomic mass is 9.99. The second kappa shape index (κ2) is 4.49. The quantitative estimate of drug-likeness (QED) is 0.785. The number of hydrogen-bond donors (Lipinski definition) is 1. The molecule has 1 N–H and O–H groups in total. The van der Waals surface area contributed by atoms with Gasteiger partial charge in [0.2, 0.25) is 5.91 Å². The SMILES string of the molecule is O=C(C1CCc2ccccc21)N1CCNCC1. The Morgan fingerprint density at radius 1 is 1.24 bits per heavy atom. The monoisotopic (exact) mass is 230 g/mol. The van der Waals surface area contributed by atoms with Crippen LogP contribution in [0.25, 0.3) is 0 Å². The van der Waals surface area contributed by atoms with Gasteiger partial charge in [-0.05, 0) is 24.0 Å². The molecule has 3 nitrogen and oxygen atoms in total. The smallest absolute Gasteiger partial charge is 0.230 e. The second-order valence-corrected chi connectivity index (χ2v) is 4.87. The van der Waals surface area contributed by atoms with Crippen LogP contribution in [0.1, 0.15) is 23.5 Å². The standard InChI is InChI=1S/C14H18N2O/c17-14(16-9-7-15-8-10-16)13-6-5-11-3-1-2-4-12(11)13/h1-4,13,15H,5-10H2. The molecule has 1 saturated heterocycles. The number of piperazine rings is 1. The lowest BCUT2D eigenvalue weighted by Gasteiger charge is -2.30. The Labute approximate surface area is 102 Å². The van der Waals surface area contributed by atoms with E-state index in [9.17, 15) is 4.79 Å². The van der Waals surface area contributed by atoms with E-state index in [2.05, 4.69) is 23.5 Å². The minimum absolute atomic E-state index is 0.115. The van der Waals surface area contributed by atoms with Gasteiger partial charge in [-0.25, -0.2) is 0 Å². The van der Waals surface area contributed by atoms with Gasteiger partial charge in [-0.1, -0.05) is 24.3 Å². The Kier molecular flexibility index (Phi) is 2.85. The highest BCUT2D eigenvalue weighted by Gasteiger charge is 2.31. The number of aryl methyl sites for hydroxylation is 1. The van der Waals surface area contributed by atoms with Crippen molar-refractivity contribution in [3.63, 3.8) is 0 Å². The number of hydrogen-bond acceptors (Lipinski definition) is 2. The Balaban J connectivity index is 1.79. The summed E-state index contributed by atoms with van der Waals surface area (Å²) in [6, 6.07) is 8.38. The Bertz CT molecular complexity index is 424.